The highest BCUT2D eigenvalue weighted by atomic mass is 32.2. The van der Waals surface area contributed by atoms with Gasteiger partial charge in [-0.1, -0.05) is 41.2 Å². The van der Waals surface area contributed by atoms with Gasteiger partial charge in [0, 0.05) is 6.07 Å². The zero-order valence-corrected chi connectivity index (χ0v) is 16.4. The van der Waals surface area contributed by atoms with E-state index in [0.29, 0.717) is 28.4 Å². The Morgan fingerprint density at radius 1 is 1.14 bits per heavy atom. The fraction of sp³-hybridized carbons (Fsp3) is 0.190. The van der Waals surface area contributed by atoms with Gasteiger partial charge in [0.15, 0.2) is 5.16 Å². The molecule has 0 aliphatic carbocycles. The molecule has 142 valence electrons. The fourth-order valence-electron chi connectivity index (χ4n) is 2.93. The van der Waals surface area contributed by atoms with Crippen molar-refractivity contribution in [2.75, 3.05) is 7.11 Å². The minimum atomic E-state index is -0.0577. The van der Waals surface area contributed by atoms with Gasteiger partial charge in [-0.05, 0) is 36.8 Å². The standard InChI is InChI=1S/C21H19N3O3S/c1-14-11-17(27-23-14)13-28-21-22-19-6-4-3-5-18(19)20(25)24(21)12-15-7-9-16(26-2)10-8-15/h3-11H,12-13H2,1-2H3. The van der Waals surface area contributed by atoms with Crippen molar-refractivity contribution >= 4 is 22.7 Å². The Bertz CT molecular complexity index is 1170. The van der Waals surface area contributed by atoms with Crippen LogP contribution in [0.1, 0.15) is 17.0 Å². The average Bonchev–Trinajstić information content (AvgIpc) is 3.14. The lowest BCUT2D eigenvalue weighted by Crippen LogP contribution is -2.24. The van der Waals surface area contributed by atoms with Crippen LogP contribution < -0.4 is 10.3 Å². The molecule has 0 aliphatic heterocycles. The quantitative estimate of drug-likeness (QED) is 0.364. The number of para-hydroxylation sites is 1. The number of benzene rings is 2. The number of aryl methyl sites for hydroxylation is 1. The Hall–Kier alpha value is -3.06. The Morgan fingerprint density at radius 3 is 2.64 bits per heavy atom. The minimum absolute atomic E-state index is 0.0577. The maximum atomic E-state index is 13.1. The molecule has 0 aliphatic rings. The molecule has 0 unspecified atom stereocenters. The molecule has 0 spiro atoms. The molecule has 0 saturated carbocycles. The van der Waals surface area contributed by atoms with Crippen molar-refractivity contribution in [1.82, 2.24) is 14.7 Å². The van der Waals surface area contributed by atoms with Gasteiger partial charge in [-0.25, -0.2) is 4.98 Å². The Balaban J connectivity index is 1.72. The third-order valence-electron chi connectivity index (χ3n) is 4.35. The first kappa shape index (κ1) is 18.3. The van der Waals surface area contributed by atoms with Gasteiger partial charge in [0.1, 0.15) is 11.5 Å². The highest BCUT2D eigenvalue weighted by molar-refractivity contribution is 7.98. The molecule has 2 aromatic heterocycles. The molecule has 4 aromatic rings. The number of rotatable bonds is 6. The van der Waals surface area contributed by atoms with Gasteiger partial charge in [-0.15, -0.1) is 0 Å². The van der Waals surface area contributed by atoms with Crippen molar-refractivity contribution in [3.63, 3.8) is 0 Å². The number of methoxy groups -OCH3 is 1. The van der Waals surface area contributed by atoms with E-state index in [1.165, 1.54) is 11.8 Å². The number of aromatic nitrogens is 3. The third kappa shape index (κ3) is 3.80. The van der Waals surface area contributed by atoms with E-state index >= 15 is 0 Å². The highest BCUT2D eigenvalue weighted by Crippen LogP contribution is 2.23. The smallest absolute Gasteiger partial charge is 0.262 e. The molecule has 0 atom stereocenters. The van der Waals surface area contributed by atoms with Crippen LogP contribution in [0, 0.1) is 6.92 Å². The number of fused-ring (bicyclic) bond motifs is 1. The van der Waals surface area contributed by atoms with E-state index in [9.17, 15) is 4.79 Å². The molecule has 6 nitrogen and oxygen atoms in total. The number of hydrogen-bond acceptors (Lipinski definition) is 6. The molecular weight excluding hydrogens is 374 g/mol. The lowest BCUT2D eigenvalue weighted by Gasteiger charge is -2.13. The van der Waals surface area contributed by atoms with Gasteiger partial charge < -0.3 is 9.26 Å². The molecule has 0 fully saturated rings. The molecule has 4 rings (SSSR count). The molecule has 28 heavy (non-hydrogen) atoms. The van der Waals surface area contributed by atoms with Crippen LogP contribution in [0.5, 0.6) is 5.75 Å². The maximum Gasteiger partial charge on any atom is 0.262 e. The van der Waals surface area contributed by atoms with E-state index in [0.717, 1.165) is 22.8 Å². The van der Waals surface area contributed by atoms with Crippen LogP contribution in [0.25, 0.3) is 10.9 Å². The summed E-state index contributed by atoms with van der Waals surface area (Å²) in [5.41, 5.74) is 2.46. The number of ether oxygens (including phenoxy) is 1. The molecule has 2 heterocycles. The molecule has 0 radical (unpaired) electrons. The minimum Gasteiger partial charge on any atom is -0.497 e. The summed E-state index contributed by atoms with van der Waals surface area (Å²) in [6.45, 7) is 2.31. The zero-order chi connectivity index (χ0) is 19.5. The lowest BCUT2D eigenvalue weighted by molar-refractivity contribution is 0.391. The topological polar surface area (TPSA) is 70.2 Å². The summed E-state index contributed by atoms with van der Waals surface area (Å²) in [4.78, 5) is 17.9. The molecule has 0 N–H and O–H groups in total. The van der Waals surface area contributed by atoms with Crippen LogP contribution in [0.4, 0.5) is 0 Å². The van der Waals surface area contributed by atoms with Crippen molar-refractivity contribution < 1.29 is 9.26 Å². The number of thioether (sulfide) groups is 1. The van der Waals surface area contributed by atoms with E-state index < -0.39 is 0 Å². The van der Waals surface area contributed by atoms with E-state index in [1.807, 2.05) is 61.5 Å². The first-order valence-corrected chi connectivity index (χ1v) is 9.80. The van der Waals surface area contributed by atoms with E-state index in [-0.39, 0.29) is 5.56 Å². The first-order valence-electron chi connectivity index (χ1n) is 8.81. The fourth-order valence-corrected chi connectivity index (χ4v) is 3.80. The second-order valence-corrected chi connectivity index (χ2v) is 7.32. The van der Waals surface area contributed by atoms with Crippen molar-refractivity contribution in [2.45, 2.75) is 24.4 Å². The molecule has 0 amide bonds. The second-order valence-electron chi connectivity index (χ2n) is 6.37. The predicted octanol–water partition coefficient (Wildman–Crippen LogP) is 4.04. The number of hydrogen-bond donors (Lipinski definition) is 0. The van der Waals surface area contributed by atoms with Crippen LogP contribution in [-0.4, -0.2) is 21.8 Å². The first-order chi connectivity index (χ1) is 13.6. The molecule has 2 aromatic carbocycles. The lowest BCUT2D eigenvalue weighted by atomic mass is 10.2. The van der Waals surface area contributed by atoms with Gasteiger partial charge in [0.05, 0.1) is 36.0 Å². The monoisotopic (exact) mass is 393 g/mol. The third-order valence-corrected chi connectivity index (χ3v) is 5.35. The maximum absolute atomic E-state index is 13.1. The molecule has 0 bridgehead atoms. The second kappa shape index (κ2) is 7.90. The van der Waals surface area contributed by atoms with Crippen LogP contribution in [0.15, 0.2) is 69.1 Å². The molecular formula is C21H19N3O3S. The SMILES string of the molecule is COc1ccc(Cn2c(SCc3cc(C)no3)nc3ccccc3c2=O)cc1. The summed E-state index contributed by atoms with van der Waals surface area (Å²) < 4.78 is 12.2. The van der Waals surface area contributed by atoms with Crippen LogP contribution in [0.3, 0.4) is 0 Å². The van der Waals surface area contributed by atoms with Gasteiger partial charge in [-0.2, -0.15) is 0 Å². The highest BCUT2D eigenvalue weighted by Gasteiger charge is 2.13. The summed E-state index contributed by atoms with van der Waals surface area (Å²) in [5, 5.41) is 5.17. The van der Waals surface area contributed by atoms with Crippen molar-refractivity contribution in [3.05, 3.63) is 82.0 Å². The average molecular weight is 393 g/mol. The summed E-state index contributed by atoms with van der Waals surface area (Å²) in [5.74, 6) is 2.08. The van der Waals surface area contributed by atoms with Gasteiger partial charge >= 0.3 is 0 Å². The Morgan fingerprint density at radius 2 is 1.93 bits per heavy atom. The Kier molecular flexibility index (Phi) is 5.16. The zero-order valence-electron chi connectivity index (χ0n) is 15.6. The van der Waals surface area contributed by atoms with Crippen LogP contribution >= 0.6 is 11.8 Å². The molecule has 7 heteroatoms. The number of nitrogens with zero attached hydrogens (tertiary/aromatic N) is 3. The normalized spacial score (nSPS) is 11.1. The molecule has 0 saturated heterocycles. The summed E-state index contributed by atoms with van der Waals surface area (Å²) in [6, 6.07) is 17.0. The van der Waals surface area contributed by atoms with Crippen LogP contribution in [0.2, 0.25) is 0 Å². The Labute approximate surface area is 166 Å². The van der Waals surface area contributed by atoms with Crippen molar-refractivity contribution in [2.24, 2.45) is 0 Å². The van der Waals surface area contributed by atoms with Gasteiger partial charge in [0.25, 0.3) is 5.56 Å². The van der Waals surface area contributed by atoms with E-state index in [2.05, 4.69) is 5.16 Å². The van der Waals surface area contributed by atoms with Crippen molar-refractivity contribution in [1.29, 1.82) is 0 Å². The van der Waals surface area contributed by atoms with E-state index in [4.69, 9.17) is 14.2 Å². The van der Waals surface area contributed by atoms with Gasteiger partial charge in [-0.3, -0.25) is 9.36 Å². The predicted molar refractivity (Wildman–Crippen MR) is 109 cm³/mol. The summed E-state index contributed by atoms with van der Waals surface area (Å²) in [6.07, 6.45) is 0. The summed E-state index contributed by atoms with van der Waals surface area (Å²) in [7, 11) is 1.63. The summed E-state index contributed by atoms with van der Waals surface area (Å²) >= 11 is 1.46. The van der Waals surface area contributed by atoms with Crippen molar-refractivity contribution in [3.8, 4) is 5.75 Å². The van der Waals surface area contributed by atoms with Crippen LogP contribution in [-0.2, 0) is 12.3 Å². The van der Waals surface area contributed by atoms with E-state index in [1.54, 1.807) is 11.7 Å². The largest absolute Gasteiger partial charge is 0.497 e. The van der Waals surface area contributed by atoms with Gasteiger partial charge in [0.2, 0.25) is 0 Å².